The lowest BCUT2D eigenvalue weighted by Crippen LogP contribution is -2.28. The van der Waals surface area contributed by atoms with E-state index in [2.05, 4.69) is 10.3 Å². The molecule has 4 rings (SSSR count). The topological polar surface area (TPSA) is 75.4 Å². The Kier molecular flexibility index (Phi) is 4.51. The van der Waals surface area contributed by atoms with Crippen molar-refractivity contribution >= 4 is 27.5 Å². The molecule has 1 atom stereocenters. The molecule has 6 heteroatoms. The zero-order valence-corrected chi connectivity index (χ0v) is 14.6. The molecule has 2 heterocycles. The zero-order valence-electron chi connectivity index (χ0n) is 13.8. The molecule has 2 aromatic heterocycles. The number of aromatic nitrogens is 1. The third kappa shape index (κ3) is 3.37. The Bertz CT molecular complexity index is 1020. The lowest BCUT2D eigenvalue weighted by Gasteiger charge is -2.13. The Labute approximate surface area is 153 Å². The summed E-state index contributed by atoms with van der Waals surface area (Å²) in [5, 5.41) is 13.1. The summed E-state index contributed by atoms with van der Waals surface area (Å²) in [6.07, 6.45) is 0.841. The van der Waals surface area contributed by atoms with Crippen molar-refractivity contribution in [1.29, 1.82) is 0 Å². The maximum absolute atomic E-state index is 12.3. The first kappa shape index (κ1) is 16.5. The molecular weight excluding hydrogens is 348 g/mol. The fraction of sp³-hybridized carbons (Fsp3) is 0.100. The Balaban J connectivity index is 1.39. The molecule has 0 spiro atoms. The summed E-state index contributed by atoms with van der Waals surface area (Å²) in [6.45, 7) is 0.139. The number of carbonyl (C=O) groups excluding carboxylic acids is 1. The summed E-state index contributed by atoms with van der Waals surface area (Å²) >= 11 is 1.49. The number of aliphatic hydroxyl groups is 1. The van der Waals surface area contributed by atoms with Crippen LogP contribution in [-0.2, 0) is 0 Å². The molecule has 0 radical (unpaired) electrons. The average Bonchev–Trinajstić information content (AvgIpc) is 3.37. The number of thiazole rings is 1. The monoisotopic (exact) mass is 364 g/mol. The smallest absolute Gasteiger partial charge is 0.251 e. The highest BCUT2D eigenvalue weighted by molar-refractivity contribution is 7.16. The van der Waals surface area contributed by atoms with Gasteiger partial charge < -0.3 is 14.8 Å². The molecule has 1 unspecified atom stereocenters. The van der Waals surface area contributed by atoms with Crippen molar-refractivity contribution in [2.75, 3.05) is 6.54 Å². The SMILES string of the molecule is O=C(NCC(O)c1ccc(-c2ccco2)cc1)c1ccc2ncsc2c1. The van der Waals surface area contributed by atoms with Crippen molar-refractivity contribution in [2.45, 2.75) is 6.10 Å². The fourth-order valence-corrected chi connectivity index (χ4v) is 3.43. The zero-order chi connectivity index (χ0) is 17.9. The predicted octanol–water partition coefficient (Wildman–Crippen LogP) is 4.02. The summed E-state index contributed by atoms with van der Waals surface area (Å²) in [5.74, 6) is 0.560. The fourth-order valence-electron chi connectivity index (χ4n) is 2.72. The van der Waals surface area contributed by atoms with E-state index < -0.39 is 6.10 Å². The number of rotatable bonds is 5. The molecule has 0 bridgehead atoms. The van der Waals surface area contributed by atoms with E-state index in [0.29, 0.717) is 5.56 Å². The molecule has 0 aliphatic carbocycles. The molecule has 4 aromatic rings. The molecule has 2 aromatic carbocycles. The molecule has 0 saturated heterocycles. The quantitative estimate of drug-likeness (QED) is 0.561. The number of furan rings is 1. The Morgan fingerprint density at radius 3 is 2.81 bits per heavy atom. The van der Waals surface area contributed by atoms with Crippen LogP contribution in [0.3, 0.4) is 0 Å². The highest BCUT2D eigenvalue weighted by atomic mass is 32.1. The van der Waals surface area contributed by atoms with Crippen LogP contribution in [0.5, 0.6) is 0 Å². The Morgan fingerprint density at radius 2 is 2.04 bits per heavy atom. The van der Waals surface area contributed by atoms with Gasteiger partial charge in [0.2, 0.25) is 0 Å². The summed E-state index contributed by atoms with van der Waals surface area (Å²) in [4.78, 5) is 16.5. The summed E-state index contributed by atoms with van der Waals surface area (Å²) in [5.41, 5.74) is 4.86. The lowest BCUT2D eigenvalue weighted by atomic mass is 10.1. The van der Waals surface area contributed by atoms with Crippen LogP contribution in [0.15, 0.2) is 70.8 Å². The number of amides is 1. The maximum Gasteiger partial charge on any atom is 0.251 e. The van der Waals surface area contributed by atoms with Crippen molar-refractivity contribution in [1.82, 2.24) is 10.3 Å². The van der Waals surface area contributed by atoms with Crippen LogP contribution in [0.1, 0.15) is 22.0 Å². The normalized spacial score (nSPS) is 12.2. The number of nitrogens with zero attached hydrogens (tertiary/aromatic N) is 1. The number of benzene rings is 2. The molecule has 26 heavy (non-hydrogen) atoms. The van der Waals surface area contributed by atoms with E-state index in [0.717, 1.165) is 27.1 Å². The summed E-state index contributed by atoms with van der Waals surface area (Å²) < 4.78 is 6.31. The highest BCUT2D eigenvalue weighted by Gasteiger charge is 2.12. The van der Waals surface area contributed by atoms with Crippen LogP contribution in [0.25, 0.3) is 21.5 Å². The van der Waals surface area contributed by atoms with Crippen LogP contribution in [0.4, 0.5) is 0 Å². The van der Waals surface area contributed by atoms with Gasteiger partial charge in [-0.1, -0.05) is 24.3 Å². The van der Waals surface area contributed by atoms with Gasteiger partial charge in [-0.05, 0) is 35.9 Å². The van der Waals surface area contributed by atoms with E-state index >= 15 is 0 Å². The number of hydrogen-bond donors (Lipinski definition) is 2. The van der Waals surface area contributed by atoms with Crippen molar-refractivity contribution in [3.63, 3.8) is 0 Å². The van der Waals surface area contributed by atoms with Gasteiger partial charge in [-0.2, -0.15) is 0 Å². The van der Waals surface area contributed by atoms with Crippen molar-refractivity contribution in [3.8, 4) is 11.3 Å². The average molecular weight is 364 g/mol. The molecular formula is C20H16N2O3S. The predicted molar refractivity (Wildman–Crippen MR) is 101 cm³/mol. The van der Waals surface area contributed by atoms with Gasteiger partial charge in [-0.15, -0.1) is 11.3 Å². The summed E-state index contributed by atoms with van der Waals surface area (Å²) in [6, 6.07) is 16.5. The van der Waals surface area contributed by atoms with Crippen molar-refractivity contribution in [2.24, 2.45) is 0 Å². The minimum atomic E-state index is -0.781. The molecule has 0 fully saturated rings. The Hall–Kier alpha value is -2.96. The van der Waals surface area contributed by atoms with Gasteiger partial charge in [0.05, 0.1) is 28.1 Å². The van der Waals surface area contributed by atoms with Crippen LogP contribution >= 0.6 is 11.3 Å². The lowest BCUT2D eigenvalue weighted by molar-refractivity contribution is 0.0916. The van der Waals surface area contributed by atoms with Gasteiger partial charge in [0, 0.05) is 17.7 Å². The molecule has 130 valence electrons. The third-order valence-electron chi connectivity index (χ3n) is 4.15. The molecule has 0 saturated carbocycles. The van der Waals surface area contributed by atoms with Crippen molar-refractivity contribution < 1.29 is 14.3 Å². The van der Waals surface area contributed by atoms with E-state index in [4.69, 9.17) is 4.42 Å². The second-order valence-electron chi connectivity index (χ2n) is 5.86. The number of fused-ring (bicyclic) bond motifs is 1. The maximum atomic E-state index is 12.3. The van der Waals surface area contributed by atoms with E-state index in [1.54, 1.807) is 17.8 Å². The summed E-state index contributed by atoms with van der Waals surface area (Å²) in [7, 11) is 0. The minimum Gasteiger partial charge on any atom is -0.464 e. The number of nitrogens with one attached hydrogen (secondary N) is 1. The number of aliphatic hydroxyl groups excluding tert-OH is 1. The molecule has 2 N–H and O–H groups in total. The minimum absolute atomic E-state index is 0.139. The standard InChI is InChI=1S/C20H16N2O3S/c23-17(13-3-5-14(6-4-13)18-2-1-9-25-18)11-21-20(24)15-7-8-16-19(10-15)26-12-22-16/h1-10,12,17,23H,11H2,(H,21,24). The van der Waals surface area contributed by atoms with Gasteiger partial charge in [0.1, 0.15) is 5.76 Å². The van der Waals surface area contributed by atoms with Crippen LogP contribution in [-0.4, -0.2) is 22.5 Å². The van der Waals surface area contributed by atoms with Crippen molar-refractivity contribution in [3.05, 3.63) is 77.5 Å². The number of hydrogen-bond acceptors (Lipinski definition) is 5. The van der Waals surface area contributed by atoms with Gasteiger partial charge in [-0.25, -0.2) is 4.98 Å². The van der Waals surface area contributed by atoms with E-state index in [1.807, 2.05) is 48.5 Å². The van der Waals surface area contributed by atoms with Gasteiger partial charge in [0.15, 0.2) is 0 Å². The first-order chi connectivity index (χ1) is 12.7. The largest absolute Gasteiger partial charge is 0.464 e. The van der Waals surface area contributed by atoms with Crippen LogP contribution in [0.2, 0.25) is 0 Å². The highest BCUT2D eigenvalue weighted by Crippen LogP contribution is 2.22. The van der Waals surface area contributed by atoms with Gasteiger partial charge in [0.25, 0.3) is 5.91 Å². The molecule has 0 aliphatic rings. The molecule has 1 amide bonds. The van der Waals surface area contributed by atoms with E-state index in [1.165, 1.54) is 11.3 Å². The number of carbonyl (C=O) groups is 1. The first-order valence-corrected chi connectivity index (χ1v) is 9.02. The first-order valence-electron chi connectivity index (χ1n) is 8.14. The second-order valence-corrected chi connectivity index (χ2v) is 6.75. The van der Waals surface area contributed by atoms with E-state index in [9.17, 15) is 9.90 Å². The Morgan fingerprint density at radius 1 is 1.19 bits per heavy atom. The van der Waals surface area contributed by atoms with Gasteiger partial charge in [-0.3, -0.25) is 4.79 Å². The molecule has 5 nitrogen and oxygen atoms in total. The van der Waals surface area contributed by atoms with Gasteiger partial charge >= 0.3 is 0 Å². The third-order valence-corrected chi connectivity index (χ3v) is 4.94. The molecule has 0 aliphatic heterocycles. The van der Waals surface area contributed by atoms with Crippen LogP contribution in [0, 0.1) is 0 Å². The van der Waals surface area contributed by atoms with E-state index in [-0.39, 0.29) is 12.5 Å². The van der Waals surface area contributed by atoms with Crippen LogP contribution < -0.4 is 5.32 Å². The second kappa shape index (κ2) is 7.11.